The lowest BCUT2D eigenvalue weighted by atomic mass is 9.79. The molecule has 5 rings (SSSR count). The van der Waals surface area contributed by atoms with Crippen LogP contribution >= 0.6 is 0 Å². The third kappa shape index (κ3) is 7.54. The minimum atomic E-state index is -4.62. The fraction of sp³-hybridized carbons (Fsp3) is 0.645. The van der Waals surface area contributed by atoms with E-state index in [9.17, 15) is 26.4 Å². The number of carbonyl (C=O) groups is 1. The highest BCUT2D eigenvalue weighted by atomic mass is 32.2. The van der Waals surface area contributed by atoms with Gasteiger partial charge in [0.05, 0.1) is 30.3 Å². The first-order valence-electron chi connectivity index (χ1n) is 15.5. The number of hydrogen-bond acceptors (Lipinski definition) is 8. The van der Waals surface area contributed by atoms with Crippen LogP contribution in [0.25, 0.3) is 0 Å². The lowest BCUT2D eigenvalue weighted by Gasteiger charge is -2.38. The Balaban J connectivity index is 1.28. The average molecular weight is 653 g/mol. The molecular formula is C31H43F3N6O4S. The molecule has 1 unspecified atom stereocenters. The number of anilines is 3. The van der Waals surface area contributed by atoms with Crippen LogP contribution in [0.1, 0.15) is 69.0 Å². The van der Waals surface area contributed by atoms with Gasteiger partial charge in [-0.2, -0.15) is 13.2 Å². The number of sulfonamides is 1. The molecule has 1 aliphatic heterocycles. The van der Waals surface area contributed by atoms with Gasteiger partial charge in [-0.05, 0) is 82.0 Å². The summed E-state index contributed by atoms with van der Waals surface area (Å²) in [6.07, 6.45) is 4.74. The van der Waals surface area contributed by atoms with Crippen LogP contribution in [-0.4, -0.2) is 79.6 Å². The predicted molar refractivity (Wildman–Crippen MR) is 166 cm³/mol. The molecule has 1 spiro atoms. The molecular weight excluding hydrogens is 609 g/mol. The Morgan fingerprint density at radius 2 is 2.00 bits per heavy atom. The van der Waals surface area contributed by atoms with Gasteiger partial charge in [0, 0.05) is 43.5 Å². The van der Waals surface area contributed by atoms with Crippen LogP contribution in [0.4, 0.5) is 30.5 Å². The molecule has 1 saturated heterocycles. The summed E-state index contributed by atoms with van der Waals surface area (Å²) in [7, 11) is 1.70. The van der Waals surface area contributed by atoms with E-state index >= 15 is 0 Å². The third-order valence-corrected chi connectivity index (χ3v) is 11.3. The highest BCUT2D eigenvalue weighted by Crippen LogP contribution is 2.64. The minimum absolute atomic E-state index is 0.00443. The smallest absolute Gasteiger partial charge is 0.419 e. The number of likely N-dealkylation sites (tertiary alicyclic amines) is 1. The van der Waals surface area contributed by atoms with Gasteiger partial charge in [-0.1, -0.05) is 12.8 Å². The predicted octanol–water partition coefficient (Wildman–Crippen LogP) is 5.44. The fourth-order valence-electron chi connectivity index (χ4n) is 7.40. The van der Waals surface area contributed by atoms with E-state index < -0.39 is 21.8 Å². The number of halogens is 3. The van der Waals surface area contributed by atoms with Gasteiger partial charge in [0.1, 0.15) is 5.75 Å². The Hall–Kier alpha value is -2.97. The van der Waals surface area contributed by atoms with Crippen molar-refractivity contribution in [2.45, 2.75) is 82.5 Å². The summed E-state index contributed by atoms with van der Waals surface area (Å²) in [5.74, 6) is 0.382. The monoisotopic (exact) mass is 652 g/mol. The normalized spacial score (nSPS) is 25.5. The highest BCUT2D eigenvalue weighted by molar-refractivity contribution is 7.88. The molecule has 4 atom stereocenters. The number of methoxy groups -OCH3 is 1. The molecule has 2 saturated carbocycles. The number of nitrogens with one attached hydrogen (secondary N) is 2. The van der Waals surface area contributed by atoms with Crippen LogP contribution in [0.2, 0.25) is 0 Å². The van der Waals surface area contributed by atoms with E-state index in [2.05, 4.69) is 25.5 Å². The zero-order valence-corrected chi connectivity index (χ0v) is 27.1. The third-order valence-electron chi connectivity index (χ3n) is 10.0. The van der Waals surface area contributed by atoms with E-state index in [-0.39, 0.29) is 47.4 Å². The molecule has 2 N–H and O–H groups in total. The van der Waals surface area contributed by atoms with E-state index in [1.165, 1.54) is 17.7 Å². The van der Waals surface area contributed by atoms with Crippen molar-refractivity contribution in [3.05, 3.63) is 35.7 Å². The molecule has 10 nitrogen and oxygen atoms in total. The Labute approximate surface area is 263 Å². The van der Waals surface area contributed by atoms with Crippen LogP contribution in [0.3, 0.4) is 0 Å². The molecule has 2 heterocycles. The summed E-state index contributed by atoms with van der Waals surface area (Å²) in [6, 6.07) is 5.06. The Bertz CT molecular complexity index is 1510. The number of aromatic nitrogens is 2. The van der Waals surface area contributed by atoms with Gasteiger partial charge in [0.2, 0.25) is 21.9 Å². The number of aryl methyl sites for hydroxylation is 1. The average Bonchev–Trinajstić information content (AvgIpc) is 3.50. The van der Waals surface area contributed by atoms with Gasteiger partial charge in [0.25, 0.3) is 0 Å². The lowest BCUT2D eigenvalue weighted by molar-refractivity contribution is -0.138. The zero-order valence-electron chi connectivity index (χ0n) is 26.3. The van der Waals surface area contributed by atoms with Gasteiger partial charge < -0.3 is 20.3 Å². The van der Waals surface area contributed by atoms with E-state index in [4.69, 9.17) is 4.74 Å². The van der Waals surface area contributed by atoms with Crippen LogP contribution < -0.4 is 15.4 Å². The maximum Gasteiger partial charge on any atom is 0.419 e. The Morgan fingerprint density at radius 3 is 2.67 bits per heavy atom. The molecule has 0 radical (unpaired) electrons. The van der Waals surface area contributed by atoms with Gasteiger partial charge in [-0.3, -0.25) is 4.79 Å². The summed E-state index contributed by atoms with van der Waals surface area (Å²) >= 11 is 0. The van der Waals surface area contributed by atoms with E-state index in [0.717, 1.165) is 57.7 Å². The van der Waals surface area contributed by atoms with Gasteiger partial charge in [0.15, 0.2) is 0 Å². The van der Waals surface area contributed by atoms with Crippen molar-refractivity contribution in [3.63, 3.8) is 0 Å². The van der Waals surface area contributed by atoms with E-state index in [0.29, 0.717) is 30.0 Å². The molecule has 14 heteroatoms. The molecule has 45 heavy (non-hydrogen) atoms. The number of carbonyl (C=O) groups excluding carboxylic acids is 1. The van der Waals surface area contributed by atoms with Crippen LogP contribution in [0.5, 0.6) is 5.75 Å². The summed E-state index contributed by atoms with van der Waals surface area (Å²) in [5.41, 5.74) is -0.204. The molecule has 2 aromatic rings. The fourth-order valence-corrected chi connectivity index (χ4v) is 8.17. The second-order valence-electron chi connectivity index (χ2n) is 12.8. The number of amides is 1. The minimum Gasteiger partial charge on any atom is -0.494 e. The van der Waals surface area contributed by atoms with Crippen molar-refractivity contribution in [1.29, 1.82) is 0 Å². The quantitative estimate of drug-likeness (QED) is 0.330. The van der Waals surface area contributed by atoms with Crippen molar-refractivity contribution in [2.24, 2.45) is 11.3 Å². The van der Waals surface area contributed by atoms with E-state index in [1.54, 1.807) is 25.2 Å². The molecule has 0 bridgehead atoms. The second kappa shape index (κ2) is 13.0. The lowest BCUT2D eigenvalue weighted by Crippen LogP contribution is -2.45. The van der Waals surface area contributed by atoms with Crippen molar-refractivity contribution in [2.75, 3.05) is 44.6 Å². The standard InChI is InChI=1S/C31H43F3N6O4S/c1-39-15-7-8-22(39)17-28(41)36-21-11-13-25(26(16-21)44-3)38-29-35-19-23(31(32,33)34)24(37-29)12-10-20-18-30(20)14-6-5-9-27(30)40(2)45(4,42)43/h11,13,16,19-20,22,27H,5-10,12,14-15,17-18H2,1-4H3,(H,36,41)(H,35,37,38)/t20-,22?,27-,30+/m1/s1. The Morgan fingerprint density at radius 1 is 1.22 bits per heavy atom. The number of benzene rings is 1. The maximum atomic E-state index is 14.0. The maximum absolute atomic E-state index is 14.0. The first-order chi connectivity index (χ1) is 21.2. The summed E-state index contributed by atoms with van der Waals surface area (Å²) in [4.78, 5) is 23.0. The largest absolute Gasteiger partial charge is 0.494 e. The molecule has 1 aromatic carbocycles. The molecule has 3 aliphatic rings. The number of hydrogen-bond donors (Lipinski definition) is 2. The van der Waals surface area contributed by atoms with Crippen molar-refractivity contribution in [3.8, 4) is 5.75 Å². The van der Waals surface area contributed by atoms with E-state index in [1.807, 2.05) is 7.05 Å². The van der Waals surface area contributed by atoms with Crippen molar-refractivity contribution < 1.29 is 31.1 Å². The first kappa shape index (κ1) is 33.4. The zero-order chi connectivity index (χ0) is 32.6. The molecule has 3 fully saturated rings. The van der Waals surface area contributed by atoms with Crippen molar-refractivity contribution in [1.82, 2.24) is 19.2 Å². The van der Waals surface area contributed by atoms with Crippen molar-refractivity contribution >= 4 is 33.3 Å². The summed E-state index contributed by atoms with van der Waals surface area (Å²) in [5, 5.41) is 5.88. The number of alkyl halides is 3. The number of rotatable bonds is 11. The van der Waals surface area contributed by atoms with Crippen LogP contribution in [0, 0.1) is 11.3 Å². The molecule has 248 valence electrons. The van der Waals surface area contributed by atoms with Gasteiger partial charge >= 0.3 is 6.18 Å². The van der Waals surface area contributed by atoms with Crippen LogP contribution in [0.15, 0.2) is 24.4 Å². The molecule has 2 aliphatic carbocycles. The Kier molecular flexibility index (Phi) is 9.67. The SMILES string of the molecule is COc1cc(NC(=O)CC2CCCN2C)ccc1Nc1ncc(C(F)(F)F)c(CC[C@@H]2C[C@@]23CCCC[C@H]3N(C)S(C)(=O)=O)n1. The molecule has 1 amide bonds. The van der Waals surface area contributed by atoms with Gasteiger partial charge in [-0.25, -0.2) is 22.7 Å². The number of ether oxygens (including phenoxy) is 1. The number of nitrogens with zero attached hydrogens (tertiary/aromatic N) is 4. The van der Waals surface area contributed by atoms with Crippen LogP contribution in [-0.2, 0) is 27.4 Å². The topological polar surface area (TPSA) is 117 Å². The first-order valence-corrected chi connectivity index (χ1v) is 17.4. The second-order valence-corrected chi connectivity index (χ2v) is 14.9. The molecule has 1 aromatic heterocycles. The highest BCUT2D eigenvalue weighted by Gasteiger charge is 2.60. The van der Waals surface area contributed by atoms with Gasteiger partial charge in [-0.15, -0.1) is 0 Å². The summed E-state index contributed by atoms with van der Waals surface area (Å²) < 4.78 is 73.5. The summed E-state index contributed by atoms with van der Waals surface area (Å²) in [6.45, 7) is 0.977.